The van der Waals surface area contributed by atoms with Crippen molar-refractivity contribution in [2.24, 2.45) is 0 Å². The molecule has 0 bridgehead atoms. The van der Waals surface area contributed by atoms with Crippen LogP contribution in [0.4, 0.5) is 5.69 Å². The molecule has 1 atom stereocenters. The second kappa shape index (κ2) is 9.36. The lowest BCUT2D eigenvalue weighted by atomic mass is 10.2. The SMILES string of the molecule is CCOc1ccc(N[C@@H](C)c2nnc(-c3ccc(OC)cc3)o2)cc1S(=O)(=O)N(C)C. The summed E-state index contributed by atoms with van der Waals surface area (Å²) in [7, 11) is 0.875. The minimum atomic E-state index is -3.68. The van der Waals surface area contributed by atoms with Crippen LogP contribution in [0.25, 0.3) is 11.5 Å². The molecule has 10 heteroatoms. The fraction of sp³-hybridized carbons (Fsp3) is 0.333. The number of benzene rings is 2. The Labute approximate surface area is 182 Å². The first-order chi connectivity index (χ1) is 14.8. The van der Waals surface area contributed by atoms with E-state index in [0.717, 1.165) is 15.6 Å². The van der Waals surface area contributed by atoms with E-state index < -0.39 is 10.0 Å². The van der Waals surface area contributed by atoms with E-state index in [1.807, 2.05) is 31.2 Å². The summed E-state index contributed by atoms with van der Waals surface area (Å²) in [4.78, 5) is 0.0843. The molecule has 166 valence electrons. The normalized spacial score (nSPS) is 12.6. The molecule has 0 unspecified atom stereocenters. The van der Waals surface area contributed by atoms with Gasteiger partial charge in [0.1, 0.15) is 22.4 Å². The Kier molecular flexibility index (Phi) is 6.81. The van der Waals surface area contributed by atoms with Crippen LogP contribution in [0.5, 0.6) is 11.5 Å². The molecule has 1 N–H and O–H groups in total. The van der Waals surface area contributed by atoms with Crippen LogP contribution in [0.3, 0.4) is 0 Å². The molecule has 3 rings (SSSR count). The monoisotopic (exact) mass is 446 g/mol. The maximum atomic E-state index is 12.7. The molecule has 3 aromatic rings. The quantitative estimate of drug-likeness (QED) is 0.532. The van der Waals surface area contributed by atoms with Gasteiger partial charge in [-0.2, -0.15) is 0 Å². The van der Waals surface area contributed by atoms with Crippen LogP contribution >= 0.6 is 0 Å². The fourth-order valence-electron chi connectivity index (χ4n) is 2.84. The van der Waals surface area contributed by atoms with E-state index in [4.69, 9.17) is 13.9 Å². The highest BCUT2D eigenvalue weighted by Gasteiger charge is 2.24. The highest BCUT2D eigenvalue weighted by molar-refractivity contribution is 7.89. The molecule has 2 aromatic carbocycles. The van der Waals surface area contributed by atoms with Crippen LogP contribution in [0.15, 0.2) is 51.8 Å². The van der Waals surface area contributed by atoms with Gasteiger partial charge in [0, 0.05) is 25.3 Å². The molecule has 0 aliphatic heterocycles. The predicted molar refractivity (Wildman–Crippen MR) is 117 cm³/mol. The Morgan fingerprint density at radius 3 is 2.45 bits per heavy atom. The number of hydrogen-bond donors (Lipinski definition) is 1. The third-order valence-corrected chi connectivity index (χ3v) is 6.37. The zero-order valence-corrected chi connectivity index (χ0v) is 18.9. The molecule has 0 aliphatic rings. The van der Waals surface area contributed by atoms with Gasteiger partial charge in [-0.25, -0.2) is 12.7 Å². The first-order valence-electron chi connectivity index (χ1n) is 9.70. The Morgan fingerprint density at radius 1 is 1.13 bits per heavy atom. The third-order valence-electron chi connectivity index (χ3n) is 4.53. The number of anilines is 1. The Morgan fingerprint density at radius 2 is 1.84 bits per heavy atom. The number of nitrogens with zero attached hydrogens (tertiary/aromatic N) is 3. The topological polar surface area (TPSA) is 107 Å². The summed E-state index contributed by atoms with van der Waals surface area (Å²) >= 11 is 0. The summed E-state index contributed by atoms with van der Waals surface area (Å²) in [5.74, 6) is 1.79. The van der Waals surface area contributed by atoms with E-state index >= 15 is 0 Å². The molecule has 31 heavy (non-hydrogen) atoms. The van der Waals surface area contributed by atoms with Gasteiger partial charge in [0.15, 0.2) is 0 Å². The number of rotatable bonds is 9. The Balaban J connectivity index is 1.83. The van der Waals surface area contributed by atoms with Crippen LogP contribution < -0.4 is 14.8 Å². The lowest BCUT2D eigenvalue weighted by Crippen LogP contribution is -2.23. The van der Waals surface area contributed by atoms with Crippen LogP contribution in [0.2, 0.25) is 0 Å². The van der Waals surface area contributed by atoms with Gasteiger partial charge in [0.25, 0.3) is 0 Å². The lowest BCUT2D eigenvalue weighted by molar-refractivity contribution is 0.330. The molecular formula is C21H26N4O5S. The number of hydrogen-bond acceptors (Lipinski definition) is 8. The first-order valence-corrected chi connectivity index (χ1v) is 11.1. The van der Waals surface area contributed by atoms with Gasteiger partial charge in [-0.15, -0.1) is 10.2 Å². The van der Waals surface area contributed by atoms with E-state index in [2.05, 4.69) is 15.5 Å². The summed E-state index contributed by atoms with van der Waals surface area (Å²) in [6.07, 6.45) is 0. The number of aromatic nitrogens is 2. The van der Waals surface area contributed by atoms with Crippen LogP contribution in [0, 0.1) is 0 Å². The van der Waals surface area contributed by atoms with Crippen LogP contribution in [-0.4, -0.2) is 50.7 Å². The molecule has 0 aliphatic carbocycles. The number of ether oxygens (including phenoxy) is 2. The van der Waals surface area contributed by atoms with E-state index in [-0.39, 0.29) is 10.9 Å². The molecule has 1 aromatic heterocycles. The lowest BCUT2D eigenvalue weighted by Gasteiger charge is -2.18. The summed E-state index contributed by atoms with van der Waals surface area (Å²) < 4.78 is 43.0. The van der Waals surface area contributed by atoms with Crippen molar-refractivity contribution in [3.8, 4) is 23.0 Å². The fourth-order valence-corrected chi connectivity index (χ4v) is 3.89. The smallest absolute Gasteiger partial charge is 0.247 e. The van der Waals surface area contributed by atoms with Crippen molar-refractivity contribution in [3.63, 3.8) is 0 Å². The van der Waals surface area contributed by atoms with E-state index in [9.17, 15) is 8.42 Å². The maximum Gasteiger partial charge on any atom is 0.247 e. The molecule has 9 nitrogen and oxygen atoms in total. The van der Waals surface area contributed by atoms with Gasteiger partial charge < -0.3 is 19.2 Å². The van der Waals surface area contributed by atoms with Crippen molar-refractivity contribution in [3.05, 3.63) is 48.4 Å². The molecule has 0 fully saturated rings. The molecule has 1 heterocycles. The van der Waals surface area contributed by atoms with Crippen molar-refractivity contribution in [1.82, 2.24) is 14.5 Å². The van der Waals surface area contributed by atoms with Crippen LogP contribution in [0.1, 0.15) is 25.8 Å². The number of nitrogens with one attached hydrogen (secondary N) is 1. The Hall–Kier alpha value is -3.11. The zero-order chi connectivity index (χ0) is 22.6. The average molecular weight is 447 g/mol. The number of methoxy groups -OCH3 is 1. The molecular weight excluding hydrogens is 420 g/mol. The van der Waals surface area contributed by atoms with Gasteiger partial charge in [-0.3, -0.25) is 0 Å². The standard InChI is InChI=1S/C21H26N4O5S/c1-6-29-18-12-9-16(13-19(18)31(26,27)25(3)4)22-14(2)20-23-24-21(30-20)15-7-10-17(28-5)11-8-15/h7-14,22H,6H2,1-5H3/t14-/m0/s1. The van der Waals surface area contributed by atoms with E-state index in [1.54, 1.807) is 26.2 Å². The minimum absolute atomic E-state index is 0.0843. The maximum absolute atomic E-state index is 12.7. The Bertz CT molecular complexity index is 1130. The third kappa shape index (κ3) is 4.97. The van der Waals surface area contributed by atoms with Gasteiger partial charge in [0.05, 0.1) is 13.7 Å². The molecule has 0 saturated heterocycles. The van der Waals surface area contributed by atoms with Crippen molar-refractivity contribution >= 4 is 15.7 Å². The first kappa shape index (κ1) is 22.6. The van der Waals surface area contributed by atoms with Crippen molar-refractivity contribution < 1.29 is 22.3 Å². The summed E-state index contributed by atoms with van der Waals surface area (Å²) in [5, 5.41) is 11.4. The highest BCUT2D eigenvalue weighted by atomic mass is 32.2. The van der Waals surface area contributed by atoms with Gasteiger partial charge >= 0.3 is 0 Å². The second-order valence-electron chi connectivity index (χ2n) is 6.92. The van der Waals surface area contributed by atoms with Gasteiger partial charge in [-0.05, 0) is 56.3 Å². The minimum Gasteiger partial charge on any atom is -0.497 e. The molecule has 0 saturated carbocycles. The summed E-state index contributed by atoms with van der Waals surface area (Å²) in [6, 6.07) is 11.9. The van der Waals surface area contributed by atoms with Crippen molar-refractivity contribution in [2.45, 2.75) is 24.8 Å². The number of sulfonamides is 1. The molecule has 0 amide bonds. The van der Waals surface area contributed by atoms with Gasteiger partial charge in [-0.1, -0.05) is 0 Å². The highest BCUT2D eigenvalue weighted by Crippen LogP contribution is 2.31. The second-order valence-corrected chi connectivity index (χ2v) is 9.04. The van der Waals surface area contributed by atoms with E-state index in [0.29, 0.717) is 29.8 Å². The average Bonchev–Trinajstić information content (AvgIpc) is 3.25. The summed E-state index contributed by atoms with van der Waals surface area (Å²) in [6.45, 7) is 4.01. The zero-order valence-electron chi connectivity index (χ0n) is 18.1. The van der Waals surface area contributed by atoms with E-state index in [1.165, 1.54) is 20.2 Å². The summed E-state index contributed by atoms with van der Waals surface area (Å²) in [5.41, 5.74) is 1.35. The predicted octanol–water partition coefficient (Wildman–Crippen LogP) is 3.57. The molecule has 0 spiro atoms. The largest absolute Gasteiger partial charge is 0.497 e. The van der Waals surface area contributed by atoms with Crippen molar-refractivity contribution in [2.75, 3.05) is 33.1 Å². The van der Waals surface area contributed by atoms with Crippen LogP contribution in [-0.2, 0) is 10.0 Å². The van der Waals surface area contributed by atoms with Crippen molar-refractivity contribution in [1.29, 1.82) is 0 Å². The molecule has 0 radical (unpaired) electrons. The van der Waals surface area contributed by atoms with Gasteiger partial charge in [0.2, 0.25) is 21.8 Å².